The summed E-state index contributed by atoms with van der Waals surface area (Å²) in [5.41, 5.74) is -0.665. The number of cyclic esters (lactones) is 1. The Morgan fingerprint density at radius 1 is 1.50 bits per heavy atom. The van der Waals surface area contributed by atoms with Gasteiger partial charge in [-0.25, -0.2) is 4.79 Å². The highest BCUT2D eigenvalue weighted by Crippen LogP contribution is 2.27. The number of esters is 1. The number of ether oxygens (including phenoxy) is 2. The SMILES string of the molecule is CC(C)(C)OC1=C(O)C(C(O)CO)OC1=O. The lowest BCUT2D eigenvalue weighted by atomic mass is 10.1. The maximum Gasteiger partial charge on any atom is 0.378 e. The summed E-state index contributed by atoms with van der Waals surface area (Å²) in [5.74, 6) is -1.64. The molecule has 0 aromatic carbocycles. The van der Waals surface area contributed by atoms with E-state index in [0.717, 1.165) is 0 Å². The van der Waals surface area contributed by atoms with E-state index in [9.17, 15) is 15.0 Å². The first-order chi connectivity index (χ1) is 7.26. The van der Waals surface area contributed by atoms with E-state index >= 15 is 0 Å². The summed E-state index contributed by atoms with van der Waals surface area (Å²) in [7, 11) is 0. The molecule has 0 radical (unpaired) electrons. The van der Waals surface area contributed by atoms with Gasteiger partial charge in [-0.2, -0.15) is 0 Å². The smallest absolute Gasteiger partial charge is 0.378 e. The van der Waals surface area contributed by atoms with Crippen LogP contribution in [0, 0.1) is 0 Å². The Bertz CT molecular complexity index is 314. The topological polar surface area (TPSA) is 96.2 Å². The zero-order valence-electron chi connectivity index (χ0n) is 9.43. The third kappa shape index (κ3) is 2.65. The summed E-state index contributed by atoms with van der Waals surface area (Å²) < 4.78 is 9.90. The van der Waals surface area contributed by atoms with Crippen molar-refractivity contribution in [2.45, 2.75) is 38.6 Å². The van der Waals surface area contributed by atoms with Crippen LogP contribution in [0.2, 0.25) is 0 Å². The maximum absolute atomic E-state index is 11.3. The quantitative estimate of drug-likeness (QED) is 0.585. The number of rotatable bonds is 3. The average molecular weight is 232 g/mol. The van der Waals surface area contributed by atoms with E-state index in [1.165, 1.54) is 0 Å². The monoisotopic (exact) mass is 232 g/mol. The molecule has 0 fully saturated rings. The van der Waals surface area contributed by atoms with Gasteiger partial charge in [0.15, 0.2) is 11.9 Å². The molecule has 0 spiro atoms. The van der Waals surface area contributed by atoms with Crippen LogP contribution in [0.3, 0.4) is 0 Å². The largest absolute Gasteiger partial charge is 0.505 e. The third-order valence-corrected chi connectivity index (χ3v) is 1.87. The highest BCUT2D eigenvalue weighted by atomic mass is 16.6. The molecule has 16 heavy (non-hydrogen) atoms. The van der Waals surface area contributed by atoms with Crippen molar-refractivity contribution in [1.29, 1.82) is 0 Å². The Labute approximate surface area is 93.1 Å². The minimum absolute atomic E-state index is 0.315. The number of carbonyl (C=O) groups excluding carboxylic acids is 1. The molecule has 1 heterocycles. The maximum atomic E-state index is 11.3. The molecule has 1 aliphatic rings. The lowest BCUT2D eigenvalue weighted by Gasteiger charge is -2.20. The van der Waals surface area contributed by atoms with Crippen LogP contribution in [0.25, 0.3) is 0 Å². The van der Waals surface area contributed by atoms with Crippen molar-refractivity contribution in [1.82, 2.24) is 0 Å². The van der Waals surface area contributed by atoms with Crippen molar-refractivity contribution in [3.8, 4) is 0 Å². The van der Waals surface area contributed by atoms with Gasteiger partial charge in [0.25, 0.3) is 0 Å². The number of hydrogen-bond donors (Lipinski definition) is 3. The van der Waals surface area contributed by atoms with Gasteiger partial charge < -0.3 is 24.8 Å². The zero-order valence-corrected chi connectivity index (χ0v) is 9.43. The van der Waals surface area contributed by atoms with Gasteiger partial charge in [0.05, 0.1) is 6.61 Å². The van der Waals surface area contributed by atoms with Crippen LogP contribution in [0.5, 0.6) is 0 Å². The predicted octanol–water partition coefficient (Wildman–Crippen LogP) is -0.150. The van der Waals surface area contributed by atoms with Crippen molar-refractivity contribution in [2.75, 3.05) is 6.61 Å². The molecule has 2 atom stereocenters. The molecule has 1 aliphatic heterocycles. The lowest BCUT2D eigenvalue weighted by Crippen LogP contribution is -2.31. The molecule has 0 aromatic rings. The summed E-state index contributed by atoms with van der Waals surface area (Å²) in [6.07, 6.45) is -2.61. The number of hydrogen-bond acceptors (Lipinski definition) is 6. The molecule has 0 saturated heterocycles. The Hall–Kier alpha value is -1.27. The summed E-state index contributed by atoms with van der Waals surface area (Å²) in [6.45, 7) is 4.49. The molecular weight excluding hydrogens is 216 g/mol. The molecule has 6 heteroatoms. The fourth-order valence-corrected chi connectivity index (χ4v) is 1.22. The average Bonchev–Trinajstić information content (AvgIpc) is 2.42. The molecule has 0 saturated carbocycles. The molecule has 0 amide bonds. The highest BCUT2D eigenvalue weighted by Gasteiger charge is 2.41. The van der Waals surface area contributed by atoms with Gasteiger partial charge in [-0.1, -0.05) is 0 Å². The first kappa shape index (κ1) is 12.8. The van der Waals surface area contributed by atoms with Crippen LogP contribution in [0.4, 0.5) is 0 Å². The predicted molar refractivity (Wildman–Crippen MR) is 53.5 cm³/mol. The second-order valence-electron chi connectivity index (χ2n) is 4.50. The summed E-state index contributed by atoms with van der Waals surface area (Å²) in [5, 5.41) is 27.6. The second kappa shape index (κ2) is 4.31. The lowest BCUT2D eigenvalue weighted by molar-refractivity contribution is -0.150. The molecule has 0 bridgehead atoms. The van der Waals surface area contributed by atoms with Crippen LogP contribution >= 0.6 is 0 Å². The Balaban J connectivity index is 2.89. The number of aliphatic hydroxyl groups excluding tert-OH is 3. The van der Waals surface area contributed by atoms with Crippen LogP contribution in [-0.4, -0.2) is 45.7 Å². The van der Waals surface area contributed by atoms with Crippen LogP contribution < -0.4 is 0 Å². The van der Waals surface area contributed by atoms with Crippen molar-refractivity contribution in [2.24, 2.45) is 0 Å². The summed E-state index contributed by atoms with van der Waals surface area (Å²) in [4.78, 5) is 11.3. The summed E-state index contributed by atoms with van der Waals surface area (Å²) >= 11 is 0. The number of carbonyl (C=O) groups is 1. The minimum Gasteiger partial charge on any atom is -0.505 e. The van der Waals surface area contributed by atoms with Crippen LogP contribution in [0.15, 0.2) is 11.5 Å². The van der Waals surface area contributed by atoms with Crippen molar-refractivity contribution in [3.05, 3.63) is 11.5 Å². The molecule has 92 valence electrons. The van der Waals surface area contributed by atoms with Gasteiger partial charge in [0, 0.05) is 0 Å². The van der Waals surface area contributed by atoms with Crippen molar-refractivity contribution < 1.29 is 29.6 Å². The molecule has 0 aromatic heterocycles. The van der Waals surface area contributed by atoms with E-state index in [1.54, 1.807) is 20.8 Å². The Morgan fingerprint density at radius 3 is 2.50 bits per heavy atom. The van der Waals surface area contributed by atoms with E-state index in [-0.39, 0.29) is 5.76 Å². The first-order valence-electron chi connectivity index (χ1n) is 4.88. The molecular formula is C10H16O6. The standard InChI is InChI=1S/C10H16O6/c1-10(2,3)16-8-6(13)7(5(12)4-11)15-9(8)14/h5,7,11-13H,4H2,1-3H3. The third-order valence-electron chi connectivity index (χ3n) is 1.87. The van der Waals surface area contributed by atoms with Gasteiger partial charge in [0.2, 0.25) is 5.76 Å². The van der Waals surface area contributed by atoms with Crippen LogP contribution in [0.1, 0.15) is 20.8 Å². The molecule has 6 nitrogen and oxygen atoms in total. The Kier molecular flexibility index (Phi) is 3.44. The van der Waals surface area contributed by atoms with Gasteiger partial charge in [-0.3, -0.25) is 0 Å². The second-order valence-corrected chi connectivity index (χ2v) is 4.50. The minimum atomic E-state index is -1.36. The van der Waals surface area contributed by atoms with E-state index in [1.807, 2.05) is 0 Å². The van der Waals surface area contributed by atoms with Crippen LogP contribution in [-0.2, 0) is 14.3 Å². The zero-order chi connectivity index (χ0) is 12.5. The molecule has 2 unspecified atom stereocenters. The van der Waals surface area contributed by atoms with E-state index < -0.39 is 36.1 Å². The first-order valence-corrected chi connectivity index (χ1v) is 4.88. The van der Waals surface area contributed by atoms with Crippen molar-refractivity contribution >= 4 is 5.97 Å². The van der Waals surface area contributed by atoms with E-state index in [4.69, 9.17) is 9.84 Å². The fourth-order valence-electron chi connectivity index (χ4n) is 1.22. The van der Waals surface area contributed by atoms with E-state index in [2.05, 4.69) is 4.74 Å². The van der Waals surface area contributed by atoms with Crippen molar-refractivity contribution in [3.63, 3.8) is 0 Å². The van der Waals surface area contributed by atoms with Gasteiger partial charge in [0.1, 0.15) is 11.7 Å². The summed E-state index contributed by atoms with van der Waals surface area (Å²) in [6, 6.07) is 0. The Morgan fingerprint density at radius 2 is 2.06 bits per heavy atom. The number of aliphatic hydroxyl groups is 3. The molecule has 0 aliphatic carbocycles. The molecule has 3 N–H and O–H groups in total. The van der Waals surface area contributed by atoms with Gasteiger partial charge in [-0.05, 0) is 20.8 Å². The fraction of sp³-hybridized carbons (Fsp3) is 0.700. The highest BCUT2D eigenvalue weighted by molar-refractivity contribution is 5.89. The van der Waals surface area contributed by atoms with E-state index in [0.29, 0.717) is 0 Å². The normalized spacial score (nSPS) is 23.3. The van der Waals surface area contributed by atoms with Gasteiger partial charge >= 0.3 is 5.97 Å². The van der Waals surface area contributed by atoms with Gasteiger partial charge in [-0.15, -0.1) is 0 Å². The molecule has 1 rings (SSSR count).